The summed E-state index contributed by atoms with van der Waals surface area (Å²) in [7, 11) is 0. The van der Waals surface area contributed by atoms with Crippen LogP contribution < -0.4 is 15.4 Å². The molecule has 0 aromatic heterocycles. The Bertz CT molecular complexity index is 769. The van der Waals surface area contributed by atoms with E-state index in [2.05, 4.69) is 17.6 Å². The second-order valence-electron chi connectivity index (χ2n) is 6.23. The van der Waals surface area contributed by atoms with Crippen molar-refractivity contribution in [2.24, 2.45) is 5.92 Å². The largest absolute Gasteiger partial charge is 0.490 e. The van der Waals surface area contributed by atoms with Crippen LogP contribution in [-0.4, -0.2) is 25.1 Å². The van der Waals surface area contributed by atoms with Crippen molar-refractivity contribution in [3.8, 4) is 5.75 Å². The molecule has 1 heterocycles. The van der Waals surface area contributed by atoms with Crippen LogP contribution in [0.1, 0.15) is 23.7 Å². The van der Waals surface area contributed by atoms with E-state index in [1.54, 1.807) is 12.1 Å². The van der Waals surface area contributed by atoms with Crippen LogP contribution in [0.2, 0.25) is 5.02 Å². The molecule has 0 saturated carbocycles. The number of nitrogens with one attached hydrogen (secondary N) is 2. The number of amides is 1. The quantitative estimate of drug-likeness (QED) is 0.860. The maximum Gasteiger partial charge on any atom is 0.257 e. The fourth-order valence-electron chi connectivity index (χ4n) is 2.86. The molecule has 0 unspecified atom stereocenters. The molecule has 1 fully saturated rings. The van der Waals surface area contributed by atoms with Crippen molar-refractivity contribution < 1.29 is 13.9 Å². The Kier molecular flexibility index (Phi) is 5.56. The standard InChI is InChI=1S/C19H20ClFN2O2/c1-12-11-22-8-7-18(12)25-15-4-2-3-14(10-15)23-19(24)16-6-5-13(21)9-17(16)20/h2-6,9-10,12,18,22H,7-8,11H2,1H3,(H,23,24)/t12-,18+/m1/s1. The third-order valence-electron chi connectivity index (χ3n) is 4.26. The molecule has 6 heteroatoms. The third kappa shape index (κ3) is 4.50. The summed E-state index contributed by atoms with van der Waals surface area (Å²) >= 11 is 5.94. The van der Waals surface area contributed by atoms with E-state index in [1.807, 2.05) is 12.1 Å². The molecule has 1 aliphatic heterocycles. The molecule has 0 aliphatic carbocycles. The van der Waals surface area contributed by atoms with Crippen molar-refractivity contribution in [2.75, 3.05) is 18.4 Å². The van der Waals surface area contributed by atoms with Gasteiger partial charge in [0.05, 0.1) is 10.6 Å². The SMILES string of the molecule is C[C@@H]1CNCC[C@@H]1Oc1cccc(NC(=O)c2ccc(F)cc2Cl)c1. The highest BCUT2D eigenvalue weighted by atomic mass is 35.5. The smallest absolute Gasteiger partial charge is 0.257 e. The predicted molar refractivity (Wildman–Crippen MR) is 96.9 cm³/mol. The lowest BCUT2D eigenvalue weighted by molar-refractivity contribution is 0.102. The van der Waals surface area contributed by atoms with Crippen LogP contribution in [0.25, 0.3) is 0 Å². The van der Waals surface area contributed by atoms with Crippen molar-refractivity contribution in [3.63, 3.8) is 0 Å². The number of benzene rings is 2. The van der Waals surface area contributed by atoms with E-state index < -0.39 is 11.7 Å². The van der Waals surface area contributed by atoms with Gasteiger partial charge < -0.3 is 15.4 Å². The van der Waals surface area contributed by atoms with Crippen LogP contribution in [0.3, 0.4) is 0 Å². The second-order valence-corrected chi connectivity index (χ2v) is 6.64. The van der Waals surface area contributed by atoms with E-state index in [9.17, 15) is 9.18 Å². The number of hydrogen-bond acceptors (Lipinski definition) is 3. The Morgan fingerprint density at radius 2 is 2.16 bits per heavy atom. The zero-order chi connectivity index (χ0) is 17.8. The van der Waals surface area contributed by atoms with Gasteiger partial charge in [-0.1, -0.05) is 24.6 Å². The molecule has 25 heavy (non-hydrogen) atoms. The third-order valence-corrected chi connectivity index (χ3v) is 4.57. The van der Waals surface area contributed by atoms with Crippen molar-refractivity contribution >= 4 is 23.2 Å². The normalized spacial score (nSPS) is 20.1. The summed E-state index contributed by atoms with van der Waals surface area (Å²) in [6, 6.07) is 10.9. The summed E-state index contributed by atoms with van der Waals surface area (Å²) in [6.45, 7) is 4.03. The number of piperidine rings is 1. The van der Waals surface area contributed by atoms with Gasteiger partial charge in [-0.05, 0) is 43.3 Å². The summed E-state index contributed by atoms with van der Waals surface area (Å²) in [6.07, 6.45) is 1.10. The number of hydrogen-bond donors (Lipinski definition) is 2. The minimum atomic E-state index is -0.479. The summed E-state index contributed by atoms with van der Waals surface area (Å²) in [5, 5.41) is 6.19. The molecule has 2 N–H and O–H groups in total. The van der Waals surface area contributed by atoms with Gasteiger partial charge in [0.1, 0.15) is 17.7 Å². The van der Waals surface area contributed by atoms with Gasteiger partial charge in [-0.2, -0.15) is 0 Å². The Labute approximate surface area is 151 Å². The molecule has 0 spiro atoms. The van der Waals surface area contributed by atoms with Gasteiger partial charge in [-0.25, -0.2) is 4.39 Å². The van der Waals surface area contributed by atoms with Crippen LogP contribution in [0, 0.1) is 11.7 Å². The van der Waals surface area contributed by atoms with Gasteiger partial charge in [0, 0.05) is 24.2 Å². The number of ether oxygens (including phenoxy) is 1. The Balaban J connectivity index is 1.69. The Morgan fingerprint density at radius 3 is 2.92 bits per heavy atom. The molecule has 2 atom stereocenters. The minimum Gasteiger partial charge on any atom is -0.490 e. The van der Waals surface area contributed by atoms with Crippen LogP contribution in [0.5, 0.6) is 5.75 Å². The summed E-state index contributed by atoms with van der Waals surface area (Å²) < 4.78 is 19.2. The highest BCUT2D eigenvalue weighted by Gasteiger charge is 2.22. The van der Waals surface area contributed by atoms with Crippen molar-refractivity contribution in [2.45, 2.75) is 19.4 Å². The minimum absolute atomic E-state index is 0.0773. The highest BCUT2D eigenvalue weighted by Crippen LogP contribution is 2.24. The van der Waals surface area contributed by atoms with Crippen molar-refractivity contribution in [3.05, 3.63) is 58.9 Å². The van der Waals surface area contributed by atoms with Gasteiger partial charge in [0.25, 0.3) is 5.91 Å². The lowest BCUT2D eigenvalue weighted by atomic mass is 9.98. The molecule has 1 saturated heterocycles. The molecular formula is C19H20ClFN2O2. The fourth-order valence-corrected chi connectivity index (χ4v) is 3.11. The first kappa shape index (κ1) is 17.7. The highest BCUT2D eigenvalue weighted by molar-refractivity contribution is 6.34. The zero-order valence-corrected chi connectivity index (χ0v) is 14.6. The van der Waals surface area contributed by atoms with E-state index >= 15 is 0 Å². The first-order valence-electron chi connectivity index (χ1n) is 8.27. The van der Waals surface area contributed by atoms with Gasteiger partial charge in [0.2, 0.25) is 0 Å². The molecule has 0 radical (unpaired) electrons. The number of halogens is 2. The molecule has 132 valence electrons. The van der Waals surface area contributed by atoms with Crippen LogP contribution in [-0.2, 0) is 0 Å². The molecular weight excluding hydrogens is 343 g/mol. The van der Waals surface area contributed by atoms with Gasteiger partial charge in [-0.3, -0.25) is 4.79 Å². The monoisotopic (exact) mass is 362 g/mol. The van der Waals surface area contributed by atoms with E-state index in [1.165, 1.54) is 12.1 Å². The Morgan fingerprint density at radius 1 is 1.32 bits per heavy atom. The fraction of sp³-hybridized carbons (Fsp3) is 0.316. The van der Waals surface area contributed by atoms with Crippen LogP contribution in [0.15, 0.2) is 42.5 Å². The lowest BCUT2D eigenvalue weighted by Crippen LogP contribution is -2.41. The van der Waals surface area contributed by atoms with E-state index in [0.717, 1.165) is 25.6 Å². The molecule has 2 aromatic rings. The molecule has 3 rings (SSSR count). The summed E-state index contributed by atoms with van der Waals surface area (Å²) in [5.74, 6) is 0.261. The summed E-state index contributed by atoms with van der Waals surface area (Å²) in [5.41, 5.74) is 0.825. The molecule has 1 aliphatic rings. The van der Waals surface area contributed by atoms with Gasteiger partial charge in [-0.15, -0.1) is 0 Å². The van der Waals surface area contributed by atoms with Crippen LogP contribution in [0.4, 0.5) is 10.1 Å². The first-order valence-corrected chi connectivity index (χ1v) is 8.64. The number of rotatable bonds is 4. The number of carbonyl (C=O) groups is 1. The maximum absolute atomic E-state index is 13.1. The predicted octanol–water partition coefficient (Wildman–Crippen LogP) is 4.11. The summed E-state index contributed by atoms with van der Waals surface area (Å²) in [4.78, 5) is 12.3. The topological polar surface area (TPSA) is 50.4 Å². The lowest BCUT2D eigenvalue weighted by Gasteiger charge is -2.30. The van der Waals surface area contributed by atoms with Crippen molar-refractivity contribution in [1.82, 2.24) is 5.32 Å². The van der Waals surface area contributed by atoms with E-state index in [-0.39, 0.29) is 16.7 Å². The van der Waals surface area contributed by atoms with Crippen molar-refractivity contribution in [1.29, 1.82) is 0 Å². The Hall–Kier alpha value is -2.11. The molecule has 0 bridgehead atoms. The number of anilines is 1. The number of carbonyl (C=O) groups excluding carboxylic acids is 1. The van der Waals surface area contributed by atoms with Gasteiger partial charge in [0.15, 0.2) is 0 Å². The average Bonchev–Trinajstić information content (AvgIpc) is 2.57. The zero-order valence-electron chi connectivity index (χ0n) is 13.9. The average molecular weight is 363 g/mol. The molecule has 1 amide bonds. The van der Waals surface area contributed by atoms with Gasteiger partial charge >= 0.3 is 0 Å². The molecule has 2 aromatic carbocycles. The first-order chi connectivity index (χ1) is 12.0. The van der Waals surface area contributed by atoms with Crippen LogP contribution >= 0.6 is 11.6 Å². The van der Waals surface area contributed by atoms with E-state index in [4.69, 9.17) is 16.3 Å². The maximum atomic E-state index is 13.1. The molecule has 4 nitrogen and oxygen atoms in total. The second kappa shape index (κ2) is 7.85. The van der Waals surface area contributed by atoms with E-state index in [0.29, 0.717) is 17.4 Å².